The monoisotopic (exact) mass is 370 g/mol. The molecule has 0 aromatic heterocycles. The number of hydrogen-bond donors (Lipinski definition) is 1. The first-order valence-corrected chi connectivity index (χ1v) is 9.26. The quantitative estimate of drug-likeness (QED) is 0.481. The first-order chi connectivity index (χ1) is 12.6. The van der Waals surface area contributed by atoms with E-state index in [2.05, 4.69) is 5.32 Å². The smallest absolute Gasteiger partial charge is 0.338 e. The molecule has 3 amide bonds. The number of nitrogens with zero attached hydrogens (tertiary/aromatic N) is 1. The summed E-state index contributed by atoms with van der Waals surface area (Å²) in [6.07, 6.45) is 2.00. The highest BCUT2D eigenvalue weighted by Gasteiger charge is 2.28. The number of ether oxygens (including phenoxy) is 1. The van der Waals surface area contributed by atoms with Gasteiger partial charge in [0.15, 0.2) is 0 Å². The van der Waals surface area contributed by atoms with Crippen LogP contribution in [0.1, 0.15) is 21.5 Å². The van der Waals surface area contributed by atoms with Gasteiger partial charge in [0.25, 0.3) is 0 Å². The van der Waals surface area contributed by atoms with Gasteiger partial charge in [-0.2, -0.15) is 0 Å². The van der Waals surface area contributed by atoms with E-state index < -0.39 is 12.0 Å². The summed E-state index contributed by atoms with van der Waals surface area (Å²) in [4.78, 5) is 37.8. The molecule has 2 aromatic carbocycles. The Hall–Kier alpha value is -2.80. The normalized spacial score (nSPS) is 13.7. The number of rotatable bonds is 6. The van der Waals surface area contributed by atoms with E-state index in [9.17, 15) is 14.4 Å². The van der Waals surface area contributed by atoms with Crippen LogP contribution in [0.4, 0.5) is 4.79 Å². The van der Waals surface area contributed by atoms with Gasteiger partial charge >= 0.3 is 12.0 Å². The summed E-state index contributed by atoms with van der Waals surface area (Å²) in [7, 11) is 0. The number of imide groups is 1. The van der Waals surface area contributed by atoms with Crippen LogP contribution < -0.4 is 5.32 Å². The Bertz CT molecular complexity index is 820. The van der Waals surface area contributed by atoms with Crippen molar-refractivity contribution in [2.24, 2.45) is 0 Å². The van der Waals surface area contributed by atoms with E-state index in [0.29, 0.717) is 11.1 Å². The molecule has 0 spiro atoms. The van der Waals surface area contributed by atoms with E-state index >= 15 is 0 Å². The second-order valence-corrected chi connectivity index (χ2v) is 6.64. The number of carbonyl (C=O) groups excluding carboxylic acids is 3. The van der Waals surface area contributed by atoms with Gasteiger partial charge in [-0.3, -0.25) is 9.69 Å². The molecule has 0 atom stereocenters. The predicted molar refractivity (Wildman–Crippen MR) is 97.7 cm³/mol. The van der Waals surface area contributed by atoms with Crippen molar-refractivity contribution >= 4 is 29.7 Å². The molecule has 0 saturated carbocycles. The van der Waals surface area contributed by atoms with E-state index in [-0.39, 0.29) is 25.6 Å². The van der Waals surface area contributed by atoms with Gasteiger partial charge in [0.05, 0.1) is 18.7 Å². The summed E-state index contributed by atoms with van der Waals surface area (Å²) in [5.74, 6) is -0.727. The second kappa shape index (κ2) is 8.05. The Morgan fingerprint density at radius 1 is 1.15 bits per heavy atom. The summed E-state index contributed by atoms with van der Waals surface area (Å²) in [5.41, 5.74) is 1.98. The molecule has 1 heterocycles. The van der Waals surface area contributed by atoms with Gasteiger partial charge in [0.2, 0.25) is 5.91 Å². The zero-order valence-corrected chi connectivity index (χ0v) is 15.0. The molecule has 1 aliphatic rings. The van der Waals surface area contributed by atoms with E-state index in [4.69, 9.17) is 4.74 Å². The SMILES string of the molecule is CSc1ccc(COC(=O)c2cccc(CN3C(=O)CNC3=O)c2)cc1. The Morgan fingerprint density at radius 3 is 2.58 bits per heavy atom. The summed E-state index contributed by atoms with van der Waals surface area (Å²) in [6.45, 7) is 0.322. The fourth-order valence-corrected chi connectivity index (χ4v) is 2.96. The number of nitrogens with one attached hydrogen (secondary N) is 1. The largest absolute Gasteiger partial charge is 0.457 e. The van der Waals surface area contributed by atoms with Gasteiger partial charge in [0, 0.05) is 4.90 Å². The lowest BCUT2D eigenvalue weighted by Gasteiger charge is -2.13. The van der Waals surface area contributed by atoms with E-state index in [1.165, 1.54) is 0 Å². The van der Waals surface area contributed by atoms with Crippen LogP contribution in [0.15, 0.2) is 53.4 Å². The van der Waals surface area contributed by atoms with Crippen molar-refractivity contribution in [3.63, 3.8) is 0 Å². The Morgan fingerprint density at radius 2 is 1.92 bits per heavy atom. The third-order valence-electron chi connectivity index (χ3n) is 3.97. The zero-order chi connectivity index (χ0) is 18.5. The van der Waals surface area contributed by atoms with E-state index in [1.54, 1.807) is 36.0 Å². The van der Waals surface area contributed by atoms with Crippen LogP contribution in [-0.2, 0) is 22.7 Å². The molecule has 0 unspecified atom stereocenters. The van der Waals surface area contributed by atoms with Crippen molar-refractivity contribution in [1.29, 1.82) is 0 Å². The maximum atomic E-state index is 12.3. The standard InChI is InChI=1S/C19H18N2O4S/c1-26-16-7-5-13(6-8-16)12-25-18(23)15-4-2-3-14(9-15)11-21-17(22)10-20-19(21)24/h2-9H,10-12H2,1H3,(H,20,24). The van der Waals surface area contributed by atoms with Crippen LogP contribution in [0.5, 0.6) is 0 Å². The van der Waals surface area contributed by atoms with Crippen molar-refractivity contribution in [2.45, 2.75) is 18.0 Å². The minimum absolute atomic E-state index is 0.00982. The van der Waals surface area contributed by atoms with Crippen LogP contribution >= 0.6 is 11.8 Å². The van der Waals surface area contributed by atoms with Crippen LogP contribution in [0.2, 0.25) is 0 Å². The highest BCUT2D eigenvalue weighted by molar-refractivity contribution is 7.98. The number of esters is 1. The minimum Gasteiger partial charge on any atom is -0.457 e. The summed E-state index contributed by atoms with van der Waals surface area (Å²) < 4.78 is 5.35. The van der Waals surface area contributed by atoms with Crippen LogP contribution in [0, 0.1) is 0 Å². The molecule has 0 aliphatic carbocycles. The second-order valence-electron chi connectivity index (χ2n) is 5.76. The van der Waals surface area contributed by atoms with Crippen LogP contribution in [-0.4, -0.2) is 35.6 Å². The molecule has 1 N–H and O–H groups in total. The van der Waals surface area contributed by atoms with Gasteiger partial charge in [-0.1, -0.05) is 24.3 Å². The third kappa shape index (κ3) is 4.23. The number of carbonyl (C=O) groups is 3. The van der Waals surface area contributed by atoms with Gasteiger partial charge in [0.1, 0.15) is 6.61 Å². The first-order valence-electron chi connectivity index (χ1n) is 8.04. The van der Waals surface area contributed by atoms with Gasteiger partial charge < -0.3 is 10.1 Å². The molecule has 1 aliphatic heterocycles. The molecule has 6 nitrogen and oxygen atoms in total. The van der Waals surface area contributed by atoms with Gasteiger partial charge in [-0.05, 0) is 41.6 Å². The number of benzene rings is 2. The topological polar surface area (TPSA) is 75.7 Å². The summed E-state index contributed by atoms with van der Waals surface area (Å²) >= 11 is 1.65. The molecular formula is C19H18N2O4S. The number of hydrogen-bond acceptors (Lipinski definition) is 5. The maximum Gasteiger partial charge on any atom is 0.338 e. The molecule has 0 radical (unpaired) electrons. The molecule has 2 aromatic rings. The van der Waals surface area contributed by atoms with Crippen molar-refractivity contribution in [1.82, 2.24) is 10.2 Å². The molecular weight excluding hydrogens is 352 g/mol. The van der Waals surface area contributed by atoms with E-state index in [0.717, 1.165) is 15.4 Å². The van der Waals surface area contributed by atoms with Crippen LogP contribution in [0.3, 0.4) is 0 Å². The Balaban J connectivity index is 1.62. The van der Waals surface area contributed by atoms with Crippen molar-refractivity contribution in [3.05, 3.63) is 65.2 Å². The third-order valence-corrected chi connectivity index (χ3v) is 4.71. The molecule has 3 rings (SSSR count). The highest BCUT2D eigenvalue weighted by Crippen LogP contribution is 2.16. The lowest BCUT2D eigenvalue weighted by molar-refractivity contribution is -0.125. The zero-order valence-electron chi connectivity index (χ0n) is 14.2. The van der Waals surface area contributed by atoms with Crippen molar-refractivity contribution in [3.8, 4) is 0 Å². The fourth-order valence-electron chi connectivity index (χ4n) is 2.55. The average molecular weight is 370 g/mol. The number of thioether (sulfide) groups is 1. The Kier molecular flexibility index (Phi) is 5.58. The van der Waals surface area contributed by atoms with E-state index in [1.807, 2.05) is 30.5 Å². The lowest BCUT2D eigenvalue weighted by atomic mass is 10.1. The number of amides is 3. The molecule has 1 fully saturated rings. The molecule has 134 valence electrons. The lowest BCUT2D eigenvalue weighted by Crippen LogP contribution is -2.30. The molecule has 26 heavy (non-hydrogen) atoms. The Labute approximate surface area is 155 Å². The minimum atomic E-state index is -0.446. The summed E-state index contributed by atoms with van der Waals surface area (Å²) in [6, 6.07) is 14.1. The van der Waals surface area contributed by atoms with Crippen LogP contribution in [0.25, 0.3) is 0 Å². The van der Waals surface area contributed by atoms with Crippen molar-refractivity contribution in [2.75, 3.05) is 12.8 Å². The fraction of sp³-hybridized carbons (Fsp3) is 0.211. The molecule has 7 heteroatoms. The van der Waals surface area contributed by atoms with Gasteiger partial charge in [-0.15, -0.1) is 11.8 Å². The predicted octanol–water partition coefficient (Wildman–Crippen LogP) is 2.82. The molecule has 0 bridgehead atoms. The first kappa shape index (κ1) is 18.0. The summed E-state index contributed by atoms with van der Waals surface area (Å²) in [5, 5.41) is 2.47. The van der Waals surface area contributed by atoms with Gasteiger partial charge in [-0.25, -0.2) is 9.59 Å². The van der Waals surface area contributed by atoms with Crippen molar-refractivity contribution < 1.29 is 19.1 Å². The maximum absolute atomic E-state index is 12.3. The average Bonchev–Trinajstić information content (AvgIpc) is 2.98. The molecule has 1 saturated heterocycles. The number of urea groups is 1. The highest BCUT2D eigenvalue weighted by atomic mass is 32.2.